The molecule has 0 saturated carbocycles. The van der Waals surface area contributed by atoms with E-state index >= 15 is 0 Å². The van der Waals surface area contributed by atoms with E-state index < -0.39 is 10.0 Å². The van der Waals surface area contributed by atoms with Crippen LogP contribution in [0.1, 0.15) is 0 Å². The number of methoxy groups -OCH3 is 2. The molecule has 7 heteroatoms. The van der Waals surface area contributed by atoms with E-state index in [1.807, 2.05) is 0 Å². The van der Waals surface area contributed by atoms with Crippen LogP contribution in [0.5, 0.6) is 11.6 Å². The summed E-state index contributed by atoms with van der Waals surface area (Å²) >= 11 is 0. The third-order valence-electron chi connectivity index (χ3n) is 1.79. The van der Waals surface area contributed by atoms with Gasteiger partial charge in [0.05, 0.1) is 20.4 Å². The average molecular weight is 232 g/mol. The fourth-order valence-electron chi connectivity index (χ4n) is 0.989. The first-order chi connectivity index (χ1) is 7.05. The predicted molar refractivity (Wildman–Crippen MR) is 53.6 cm³/mol. The molecule has 1 aromatic heterocycles. The van der Waals surface area contributed by atoms with Crippen molar-refractivity contribution >= 4 is 10.0 Å². The number of sulfonamides is 1. The second kappa shape index (κ2) is 4.45. The van der Waals surface area contributed by atoms with E-state index in [9.17, 15) is 8.42 Å². The van der Waals surface area contributed by atoms with E-state index in [2.05, 4.69) is 9.71 Å². The minimum atomic E-state index is -3.56. The van der Waals surface area contributed by atoms with Crippen LogP contribution in [0.3, 0.4) is 0 Å². The van der Waals surface area contributed by atoms with Crippen LogP contribution in [-0.2, 0) is 10.0 Å². The lowest BCUT2D eigenvalue weighted by molar-refractivity contribution is 0.375. The van der Waals surface area contributed by atoms with Crippen LogP contribution in [0.25, 0.3) is 0 Å². The molecule has 0 aliphatic carbocycles. The van der Waals surface area contributed by atoms with E-state index in [-0.39, 0.29) is 10.6 Å². The van der Waals surface area contributed by atoms with Crippen LogP contribution in [0, 0.1) is 0 Å². The van der Waals surface area contributed by atoms with Crippen LogP contribution in [0.15, 0.2) is 17.2 Å². The average Bonchev–Trinajstić information content (AvgIpc) is 2.28. The van der Waals surface area contributed by atoms with Gasteiger partial charge in [-0.25, -0.2) is 18.1 Å². The Hall–Kier alpha value is -1.34. The summed E-state index contributed by atoms with van der Waals surface area (Å²) in [5.74, 6) is 0.484. The lowest BCUT2D eigenvalue weighted by Crippen LogP contribution is -2.19. The molecule has 1 heterocycles. The van der Waals surface area contributed by atoms with Gasteiger partial charge in [-0.1, -0.05) is 0 Å². The molecule has 0 unspecified atom stereocenters. The van der Waals surface area contributed by atoms with Gasteiger partial charge in [0.2, 0.25) is 15.9 Å². The maximum atomic E-state index is 11.5. The van der Waals surface area contributed by atoms with E-state index in [1.54, 1.807) is 0 Å². The van der Waals surface area contributed by atoms with Crippen LogP contribution in [-0.4, -0.2) is 34.7 Å². The standard InChI is InChI=1S/C8H12N2O4S/c1-9-15(11,12)7-5-10-8(14-3)4-6(7)13-2/h4-5,9H,1-3H3. The Morgan fingerprint density at radius 3 is 2.47 bits per heavy atom. The van der Waals surface area contributed by atoms with Crippen molar-refractivity contribution in [3.05, 3.63) is 12.3 Å². The molecule has 0 fully saturated rings. The van der Waals surface area contributed by atoms with Gasteiger partial charge in [0.15, 0.2) is 0 Å². The summed E-state index contributed by atoms with van der Waals surface area (Å²) in [6.45, 7) is 0. The largest absolute Gasteiger partial charge is 0.495 e. The van der Waals surface area contributed by atoms with Gasteiger partial charge in [-0.15, -0.1) is 0 Å². The van der Waals surface area contributed by atoms with Gasteiger partial charge in [0.25, 0.3) is 0 Å². The fourth-order valence-corrected chi connectivity index (χ4v) is 1.81. The monoisotopic (exact) mass is 232 g/mol. The summed E-state index contributed by atoms with van der Waals surface area (Å²) in [4.78, 5) is 3.78. The zero-order valence-corrected chi connectivity index (χ0v) is 9.46. The van der Waals surface area contributed by atoms with Crippen molar-refractivity contribution in [2.75, 3.05) is 21.3 Å². The number of hydrogen-bond donors (Lipinski definition) is 1. The molecule has 0 aromatic carbocycles. The second-order valence-electron chi connectivity index (χ2n) is 2.59. The molecule has 1 aromatic rings. The molecule has 15 heavy (non-hydrogen) atoms. The topological polar surface area (TPSA) is 77.5 Å². The highest BCUT2D eigenvalue weighted by atomic mass is 32.2. The molecular formula is C8H12N2O4S. The Labute approximate surface area is 88.3 Å². The van der Waals surface area contributed by atoms with Gasteiger partial charge in [0.1, 0.15) is 10.6 Å². The van der Waals surface area contributed by atoms with Crippen LogP contribution in [0.2, 0.25) is 0 Å². The minimum absolute atomic E-state index is 0.0201. The smallest absolute Gasteiger partial charge is 0.245 e. The Bertz CT molecular complexity index is 444. The molecule has 0 radical (unpaired) electrons. The minimum Gasteiger partial charge on any atom is -0.495 e. The zero-order valence-electron chi connectivity index (χ0n) is 8.64. The summed E-state index contributed by atoms with van der Waals surface area (Å²) in [5.41, 5.74) is 0. The van der Waals surface area contributed by atoms with Crippen molar-refractivity contribution < 1.29 is 17.9 Å². The Morgan fingerprint density at radius 2 is 2.00 bits per heavy atom. The number of hydrogen-bond acceptors (Lipinski definition) is 5. The third kappa shape index (κ3) is 2.37. The summed E-state index contributed by atoms with van der Waals surface area (Å²) < 4.78 is 35.0. The van der Waals surface area contributed by atoms with E-state index in [0.717, 1.165) is 0 Å². The molecule has 0 aliphatic heterocycles. The fraction of sp³-hybridized carbons (Fsp3) is 0.375. The highest BCUT2D eigenvalue weighted by Crippen LogP contribution is 2.25. The molecule has 0 bridgehead atoms. The van der Waals surface area contributed by atoms with Crippen molar-refractivity contribution in [1.82, 2.24) is 9.71 Å². The Morgan fingerprint density at radius 1 is 1.33 bits per heavy atom. The predicted octanol–water partition coefficient (Wildman–Crippen LogP) is 0.00690. The highest BCUT2D eigenvalue weighted by molar-refractivity contribution is 7.89. The van der Waals surface area contributed by atoms with Crippen LogP contribution in [0.4, 0.5) is 0 Å². The maximum Gasteiger partial charge on any atom is 0.245 e. The number of nitrogens with zero attached hydrogens (tertiary/aromatic N) is 1. The van der Waals surface area contributed by atoms with Gasteiger partial charge in [-0.2, -0.15) is 0 Å². The van der Waals surface area contributed by atoms with Crippen molar-refractivity contribution in [2.45, 2.75) is 4.90 Å². The first-order valence-electron chi connectivity index (χ1n) is 4.06. The van der Waals surface area contributed by atoms with E-state index in [1.165, 1.54) is 33.5 Å². The van der Waals surface area contributed by atoms with Gasteiger partial charge in [0, 0.05) is 6.07 Å². The van der Waals surface area contributed by atoms with E-state index in [0.29, 0.717) is 5.88 Å². The maximum absolute atomic E-state index is 11.5. The number of pyridine rings is 1. The van der Waals surface area contributed by atoms with Gasteiger partial charge >= 0.3 is 0 Å². The number of ether oxygens (including phenoxy) is 2. The quantitative estimate of drug-likeness (QED) is 0.791. The van der Waals surface area contributed by atoms with Crippen LogP contribution < -0.4 is 14.2 Å². The Kier molecular flexibility index (Phi) is 3.48. The molecule has 0 amide bonds. The number of aromatic nitrogens is 1. The van der Waals surface area contributed by atoms with Crippen molar-refractivity contribution in [2.24, 2.45) is 0 Å². The summed E-state index contributed by atoms with van der Waals surface area (Å²) in [5, 5.41) is 0. The number of nitrogens with one attached hydrogen (secondary N) is 1. The molecular weight excluding hydrogens is 220 g/mol. The molecule has 6 nitrogen and oxygen atoms in total. The highest BCUT2D eigenvalue weighted by Gasteiger charge is 2.18. The third-order valence-corrected chi connectivity index (χ3v) is 3.22. The summed E-state index contributed by atoms with van der Waals surface area (Å²) in [6, 6.07) is 1.41. The van der Waals surface area contributed by atoms with Crippen molar-refractivity contribution in [3.8, 4) is 11.6 Å². The molecule has 0 aliphatic rings. The normalized spacial score (nSPS) is 11.1. The van der Waals surface area contributed by atoms with E-state index in [4.69, 9.17) is 9.47 Å². The van der Waals surface area contributed by atoms with Crippen LogP contribution >= 0.6 is 0 Å². The first kappa shape index (κ1) is 11.7. The molecule has 0 atom stereocenters. The first-order valence-corrected chi connectivity index (χ1v) is 5.55. The lowest BCUT2D eigenvalue weighted by atomic mass is 10.4. The van der Waals surface area contributed by atoms with Gasteiger partial charge in [-0.3, -0.25) is 0 Å². The SMILES string of the molecule is CNS(=O)(=O)c1cnc(OC)cc1OC. The van der Waals surface area contributed by atoms with Crippen molar-refractivity contribution in [3.63, 3.8) is 0 Å². The molecule has 1 rings (SSSR count). The van der Waals surface area contributed by atoms with Gasteiger partial charge < -0.3 is 9.47 Å². The Balaban J connectivity index is 3.31. The second-order valence-corrected chi connectivity index (χ2v) is 4.44. The molecule has 1 N–H and O–H groups in total. The summed E-state index contributed by atoms with van der Waals surface area (Å²) in [6.07, 6.45) is 1.18. The molecule has 0 spiro atoms. The lowest BCUT2D eigenvalue weighted by Gasteiger charge is -2.08. The number of rotatable bonds is 4. The van der Waals surface area contributed by atoms with Crippen molar-refractivity contribution in [1.29, 1.82) is 0 Å². The molecule has 0 saturated heterocycles. The zero-order chi connectivity index (χ0) is 11.5. The summed E-state index contributed by atoms with van der Waals surface area (Å²) in [7, 11) is 0.576. The van der Waals surface area contributed by atoms with Gasteiger partial charge in [-0.05, 0) is 7.05 Å². The molecule has 84 valence electrons.